The molecule has 2 aromatic rings. The van der Waals surface area contributed by atoms with Crippen molar-refractivity contribution in [3.63, 3.8) is 0 Å². The number of hydrogen-bond donors (Lipinski definition) is 2. The number of ether oxygens (including phenoxy) is 2. The zero-order valence-electron chi connectivity index (χ0n) is 14.8. The van der Waals surface area contributed by atoms with Crippen molar-refractivity contribution >= 4 is 34.5 Å². The van der Waals surface area contributed by atoms with Gasteiger partial charge in [0.15, 0.2) is 23.0 Å². The Morgan fingerprint density at radius 1 is 0.815 bits per heavy atom. The molecule has 2 N–H and O–H groups in total. The first-order chi connectivity index (χ1) is 12.9. The molecule has 0 bridgehead atoms. The Balaban J connectivity index is 1.94. The van der Waals surface area contributed by atoms with E-state index in [1.165, 1.54) is 37.2 Å². The van der Waals surface area contributed by atoms with Gasteiger partial charge in [-0.3, -0.25) is 0 Å². The van der Waals surface area contributed by atoms with Gasteiger partial charge in [-0.05, 0) is 47.5 Å². The molecule has 2 rings (SSSR count). The summed E-state index contributed by atoms with van der Waals surface area (Å²) in [7, 11) is 2.89. The predicted molar refractivity (Wildman–Crippen MR) is 109 cm³/mol. The van der Waals surface area contributed by atoms with Gasteiger partial charge in [0.25, 0.3) is 5.08 Å². The van der Waals surface area contributed by atoms with Crippen molar-refractivity contribution < 1.29 is 28.8 Å². The molecule has 27 heavy (non-hydrogen) atoms. The molecule has 144 valence electrons. The van der Waals surface area contributed by atoms with Gasteiger partial charge in [0, 0.05) is 22.4 Å². The number of phenols is 2. The fraction of sp³-hybridized carbons (Fsp3) is 0.158. The maximum atomic E-state index is 12.1. The lowest BCUT2D eigenvalue weighted by atomic mass is 10.2. The largest absolute Gasteiger partial charge is 0.608 e. The molecule has 0 saturated heterocycles. The molecule has 0 aromatic heterocycles. The number of benzene rings is 2. The zero-order chi connectivity index (χ0) is 19.8. The highest BCUT2D eigenvalue weighted by atomic mass is 32.3. The van der Waals surface area contributed by atoms with Gasteiger partial charge in [-0.15, -0.1) is 0 Å². The second-order valence-electron chi connectivity index (χ2n) is 5.35. The van der Waals surface area contributed by atoms with E-state index >= 15 is 0 Å². The van der Waals surface area contributed by atoms with Crippen molar-refractivity contribution in [3.05, 3.63) is 58.3 Å². The summed E-state index contributed by atoms with van der Waals surface area (Å²) < 4.78 is 34.2. The molecule has 0 aliphatic carbocycles. The Morgan fingerprint density at radius 2 is 1.22 bits per heavy atom. The summed E-state index contributed by atoms with van der Waals surface area (Å²) in [5.74, 6) is 0.679. The second kappa shape index (κ2) is 10.2. The summed E-state index contributed by atoms with van der Waals surface area (Å²) in [5.41, 5.74) is 1.41. The van der Waals surface area contributed by atoms with Crippen molar-refractivity contribution in [1.29, 1.82) is 0 Å². The summed E-state index contributed by atoms with van der Waals surface area (Å²) in [4.78, 5) is 0. The standard InChI is InChI=1S/C19H20O6S2/c1-24-18-11-14(3-5-16(18)20)7-9-26(22)13-27(23)10-8-15-4-6-17(21)19(12-15)25-2/h3-12,20-21H,13H2,1-2H3. The molecule has 0 aliphatic heterocycles. The molecular weight excluding hydrogens is 388 g/mol. The van der Waals surface area contributed by atoms with E-state index in [1.807, 2.05) is 0 Å². The number of aromatic hydroxyl groups is 2. The summed E-state index contributed by atoms with van der Waals surface area (Å²) in [5, 5.41) is 22.0. The van der Waals surface area contributed by atoms with Crippen LogP contribution in [0.15, 0.2) is 47.2 Å². The third-order valence-electron chi connectivity index (χ3n) is 3.46. The van der Waals surface area contributed by atoms with E-state index in [1.54, 1.807) is 36.4 Å². The third-order valence-corrected chi connectivity index (χ3v) is 6.20. The van der Waals surface area contributed by atoms with Crippen LogP contribution >= 0.6 is 0 Å². The summed E-state index contributed by atoms with van der Waals surface area (Å²) in [6, 6.07) is 9.49. The fourth-order valence-electron chi connectivity index (χ4n) is 2.10. The van der Waals surface area contributed by atoms with E-state index in [0.29, 0.717) is 22.6 Å². The number of hydrogen-bond acceptors (Lipinski definition) is 6. The van der Waals surface area contributed by atoms with Gasteiger partial charge >= 0.3 is 0 Å². The molecule has 0 radical (unpaired) electrons. The van der Waals surface area contributed by atoms with Gasteiger partial charge in [-0.25, -0.2) is 0 Å². The van der Waals surface area contributed by atoms with Crippen LogP contribution in [0.5, 0.6) is 23.0 Å². The number of methoxy groups -OCH3 is 2. The van der Waals surface area contributed by atoms with E-state index in [-0.39, 0.29) is 16.6 Å². The van der Waals surface area contributed by atoms with Crippen LogP contribution in [0.4, 0.5) is 0 Å². The first-order valence-electron chi connectivity index (χ1n) is 7.77. The highest BCUT2D eigenvalue weighted by molar-refractivity contribution is 8.10. The topological polar surface area (TPSA) is 105 Å². The van der Waals surface area contributed by atoms with E-state index in [9.17, 15) is 19.3 Å². The lowest BCUT2D eigenvalue weighted by molar-refractivity contribution is 0.373. The lowest BCUT2D eigenvalue weighted by Crippen LogP contribution is -2.11. The molecule has 2 unspecified atom stereocenters. The Bertz CT molecular complexity index is 754. The van der Waals surface area contributed by atoms with Gasteiger partial charge in [-0.2, -0.15) is 0 Å². The highest BCUT2D eigenvalue weighted by Gasteiger charge is 2.12. The van der Waals surface area contributed by atoms with Crippen molar-refractivity contribution in [2.24, 2.45) is 0 Å². The molecule has 2 atom stereocenters. The van der Waals surface area contributed by atoms with Crippen LogP contribution in [0.1, 0.15) is 11.1 Å². The fourth-order valence-corrected chi connectivity index (χ4v) is 4.26. The maximum Gasteiger partial charge on any atom is 0.262 e. The van der Waals surface area contributed by atoms with Crippen molar-refractivity contribution in [3.8, 4) is 23.0 Å². The minimum Gasteiger partial charge on any atom is -0.608 e. The van der Waals surface area contributed by atoms with E-state index in [2.05, 4.69) is 0 Å². The SMILES string of the molecule is COc1cc(C=C[S+]([O-])C[S+]([O-])C=Cc2ccc(O)c(OC)c2)ccc1O. The molecular formula is C19H20O6S2. The third kappa shape index (κ3) is 6.44. The van der Waals surface area contributed by atoms with Crippen molar-refractivity contribution in [2.75, 3.05) is 19.3 Å². The monoisotopic (exact) mass is 408 g/mol. The summed E-state index contributed by atoms with van der Waals surface area (Å²) in [6.07, 6.45) is 3.23. The maximum absolute atomic E-state index is 12.1. The second-order valence-corrected chi connectivity index (χ2v) is 8.36. The first-order valence-corrected chi connectivity index (χ1v) is 10.5. The van der Waals surface area contributed by atoms with Crippen LogP contribution in [0.25, 0.3) is 12.2 Å². The van der Waals surface area contributed by atoms with Gasteiger partial charge < -0.3 is 28.8 Å². The van der Waals surface area contributed by atoms with Crippen LogP contribution in [0.2, 0.25) is 0 Å². The molecule has 0 heterocycles. The normalized spacial score (nSPS) is 13.8. The molecule has 0 amide bonds. The summed E-state index contributed by atoms with van der Waals surface area (Å²) >= 11 is -2.86. The number of rotatable bonds is 8. The van der Waals surface area contributed by atoms with Crippen LogP contribution in [-0.4, -0.2) is 38.6 Å². The molecule has 0 fully saturated rings. The van der Waals surface area contributed by atoms with E-state index < -0.39 is 22.4 Å². The first kappa shape index (κ1) is 21.0. The Hall–Kier alpha value is -2.26. The van der Waals surface area contributed by atoms with Crippen LogP contribution in [-0.2, 0) is 22.4 Å². The van der Waals surface area contributed by atoms with Crippen LogP contribution < -0.4 is 9.47 Å². The average molecular weight is 408 g/mol. The minimum atomic E-state index is -1.43. The Labute approximate surface area is 164 Å². The molecule has 0 spiro atoms. The smallest absolute Gasteiger partial charge is 0.262 e. The highest BCUT2D eigenvalue weighted by Crippen LogP contribution is 2.28. The average Bonchev–Trinajstić information content (AvgIpc) is 2.66. The molecule has 8 heteroatoms. The van der Waals surface area contributed by atoms with Gasteiger partial charge in [0.1, 0.15) is 10.8 Å². The minimum absolute atomic E-state index is 0.0212. The van der Waals surface area contributed by atoms with Gasteiger partial charge in [0.05, 0.1) is 14.2 Å². The number of phenolic OH excluding ortho intramolecular Hbond substituents is 2. The Kier molecular flexibility index (Phi) is 7.93. The zero-order valence-corrected chi connectivity index (χ0v) is 16.5. The van der Waals surface area contributed by atoms with E-state index in [4.69, 9.17) is 9.47 Å². The van der Waals surface area contributed by atoms with Gasteiger partial charge in [0.2, 0.25) is 0 Å². The van der Waals surface area contributed by atoms with Gasteiger partial charge in [-0.1, -0.05) is 12.1 Å². The molecule has 2 aromatic carbocycles. The molecule has 0 aliphatic rings. The Morgan fingerprint density at radius 3 is 1.59 bits per heavy atom. The van der Waals surface area contributed by atoms with Crippen molar-refractivity contribution in [2.45, 2.75) is 0 Å². The van der Waals surface area contributed by atoms with Crippen LogP contribution in [0, 0.1) is 0 Å². The van der Waals surface area contributed by atoms with Crippen LogP contribution in [0.3, 0.4) is 0 Å². The summed E-state index contributed by atoms with van der Waals surface area (Å²) in [6.45, 7) is 0. The molecule has 0 saturated carbocycles. The quantitative estimate of drug-likeness (QED) is 0.650. The van der Waals surface area contributed by atoms with Crippen molar-refractivity contribution in [1.82, 2.24) is 0 Å². The lowest BCUT2D eigenvalue weighted by Gasteiger charge is -2.08. The van der Waals surface area contributed by atoms with E-state index in [0.717, 1.165) is 0 Å². The predicted octanol–water partition coefficient (Wildman–Crippen LogP) is 3.21. The molecule has 6 nitrogen and oxygen atoms in total.